The van der Waals surface area contributed by atoms with Gasteiger partial charge in [-0.15, -0.1) is 0 Å². The zero-order valence-electron chi connectivity index (χ0n) is 11.3. The third-order valence-corrected chi connectivity index (χ3v) is 2.91. The van der Waals surface area contributed by atoms with Gasteiger partial charge in [-0.3, -0.25) is 0 Å². The molecule has 0 N–H and O–H groups in total. The van der Waals surface area contributed by atoms with Crippen molar-refractivity contribution in [3.63, 3.8) is 0 Å². The smallest absolute Gasteiger partial charge is 0.188 e. The van der Waals surface area contributed by atoms with Crippen LogP contribution < -0.4 is 18.9 Å². The van der Waals surface area contributed by atoms with Crippen molar-refractivity contribution in [1.82, 2.24) is 0 Å². The first kappa shape index (κ1) is 15.9. The van der Waals surface area contributed by atoms with Crippen LogP contribution in [-0.4, -0.2) is 42.0 Å². The average molecular weight is 337 g/mol. The second-order valence-corrected chi connectivity index (χ2v) is 4.15. The molecule has 0 atom stereocenters. The molecule has 0 aliphatic heterocycles. The van der Waals surface area contributed by atoms with Gasteiger partial charge in [0.1, 0.15) is 4.47 Å². The Morgan fingerprint density at radius 3 is 2.00 bits per heavy atom. The maximum atomic E-state index is 5.45. The third-order valence-electron chi connectivity index (χ3n) is 2.19. The van der Waals surface area contributed by atoms with E-state index in [4.69, 9.17) is 28.4 Å². The molecule has 1 aromatic carbocycles. The Labute approximate surface area is 120 Å². The van der Waals surface area contributed by atoms with Gasteiger partial charge >= 0.3 is 0 Å². The Morgan fingerprint density at radius 2 is 1.47 bits per heavy atom. The van der Waals surface area contributed by atoms with Gasteiger partial charge in [0.05, 0.1) is 14.2 Å². The van der Waals surface area contributed by atoms with Gasteiger partial charge in [0, 0.05) is 20.3 Å². The van der Waals surface area contributed by atoms with Crippen LogP contribution in [0.5, 0.6) is 23.0 Å². The highest BCUT2D eigenvalue weighted by Gasteiger charge is 2.20. The molecule has 0 bridgehead atoms. The molecule has 0 spiro atoms. The Bertz CT molecular complexity index is 410. The second-order valence-electron chi connectivity index (χ2n) is 3.36. The van der Waals surface area contributed by atoms with E-state index < -0.39 is 0 Å². The quantitative estimate of drug-likeness (QED) is 0.679. The summed E-state index contributed by atoms with van der Waals surface area (Å²) in [5.74, 6) is 1.95. The van der Waals surface area contributed by atoms with Crippen molar-refractivity contribution in [3.8, 4) is 23.0 Å². The van der Waals surface area contributed by atoms with Crippen molar-refractivity contribution in [2.75, 3.05) is 42.0 Å². The van der Waals surface area contributed by atoms with Gasteiger partial charge in [0.2, 0.25) is 0 Å². The molecule has 0 amide bonds. The van der Waals surface area contributed by atoms with E-state index in [0.29, 0.717) is 27.5 Å². The van der Waals surface area contributed by atoms with Gasteiger partial charge in [0.15, 0.2) is 36.6 Å². The summed E-state index contributed by atoms with van der Waals surface area (Å²) in [5, 5.41) is 0. The van der Waals surface area contributed by atoms with Gasteiger partial charge in [-0.05, 0) is 15.9 Å². The van der Waals surface area contributed by atoms with Crippen molar-refractivity contribution in [3.05, 3.63) is 10.5 Å². The van der Waals surface area contributed by atoms with Crippen LogP contribution in [0.25, 0.3) is 0 Å². The van der Waals surface area contributed by atoms with E-state index in [9.17, 15) is 0 Å². The van der Waals surface area contributed by atoms with Crippen molar-refractivity contribution in [1.29, 1.82) is 0 Å². The van der Waals surface area contributed by atoms with Crippen LogP contribution in [0.4, 0.5) is 0 Å². The number of ether oxygens (including phenoxy) is 6. The molecule has 0 aliphatic rings. The highest BCUT2D eigenvalue weighted by molar-refractivity contribution is 9.10. The van der Waals surface area contributed by atoms with Gasteiger partial charge in [-0.2, -0.15) is 0 Å². The Morgan fingerprint density at radius 1 is 0.842 bits per heavy atom. The molecule has 108 valence electrons. The third kappa shape index (κ3) is 3.89. The van der Waals surface area contributed by atoms with Gasteiger partial charge in [0.25, 0.3) is 0 Å². The molecule has 0 saturated heterocycles. The fraction of sp³-hybridized carbons (Fsp3) is 0.500. The molecule has 0 aromatic heterocycles. The van der Waals surface area contributed by atoms with Gasteiger partial charge in [-0.25, -0.2) is 0 Å². The average Bonchev–Trinajstić information content (AvgIpc) is 2.43. The molecular formula is C12H17BrO6. The Balaban J connectivity index is 3.18. The molecular weight excluding hydrogens is 320 g/mol. The number of methoxy groups -OCH3 is 4. The topological polar surface area (TPSA) is 55.4 Å². The van der Waals surface area contributed by atoms with E-state index in [-0.39, 0.29) is 13.6 Å². The summed E-state index contributed by atoms with van der Waals surface area (Å²) in [6, 6.07) is 1.66. The summed E-state index contributed by atoms with van der Waals surface area (Å²) in [6.45, 7) is 0.195. The molecule has 0 saturated carbocycles. The predicted molar refractivity (Wildman–Crippen MR) is 72.3 cm³/mol. The number of hydrogen-bond acceptors (Lipinski definition) is 6. The second kappa shape index (κ2) is 8.08. The summed E-state index contributed by atoms with van der Waals surface area (Å²) in [5.41, 5.74) is 0. The lowest BCUT2D eigenvalue weighted by molar-refractivity contribution is 0.0446. The van der Waals surface area contributed by atoms with Gasteiger partial charge < -0.3 is 28.4 Å². The zero-order chi connectivity index (χ0) is 14.3. The summed E-state index contributed by atoms with van der Waals surface area (Å²) < 4.78 is 31.7. The number of hydrogen-bond donors (Lipinski definition) is 0. The lowest BCUT2D eigenvalue weighted by atomic mass is 10.2. The van der Waals surface area contributed by atoms with Crippen LogP contribution in [0.15, 0.2) is 10.5 Å². The van der Waals surface area contributed by atoms with Crippen LogP contribution in [0, 0.1) is 0 Å². The van der Waals surface area contributed by atoms with E-state index in [2.05, 4.69) is 15.9 Å². The van der Waals surface area contributed by atoms with Crippen molar-refractivity contribution in [2.24, 2.45) is 0 Å². The lowest BCUT2D eigenvalue weighted by Gasteiger charge is -2.17. The van der Waals surface area contributed by atoms with E-state index in [1.807, 2.05) is 0 Å². The first-order valence-corrected chi connectivity index (χ1v) is 6.16. The van der Waals surface area contributed by atoms with Crippen molar-refractivity contribution in [2.45, 2.75) is 0 Å². The van der Waals surface area contributed by atoms with Crippen LogP contribution >= 0.6 is 15.9 Å². The molecule has 6 nitrogen and oxygen atoms in total. The highest BCUT2D eigenvalue weighted by Crippen LogP contribution is 2.47. The van der Waals surface area contributed by atoms with E-state index >= 15 is 0 Å². The fourth-order valence-electron chi connectivity index (χ4n) is 1.39. The molecule has 7 heteroatoms. The summed E-state index contributed by atoms with van der Waals surface area (Å²) in [6.07, 6.45) is 0. The van der Waals surface area contributed by atoms with E-state index in [1.165, 1.54) is 28.4 Å². The Kier molecular flexibility index (Phi) is 6.75. The fourth-order valence-corrected chi connectivity index (χ4v) is 2.06. The molecule has 1 rings (SSSR count). The Hall–Kier alpha value is -1.18. The van der Waals surface area contributed by atoms with Crippen molar-refractivity contribution >= 4 is 15.9 Å². The van der Waals surface area contributed by atoms with Crippen LogP contribution in [-0.2, 0) is 9.47 Å². The zero-order valence-corrected chi connectivity index (χ0v) is 12.9. The lowest BCUT2D eigenvalue weighted by Crippen LogP contribution is -2.05. The minimum absolute atomic E-state index is 0.0936. The number of rotatable bonds is 8. The molecule has 0 aliphatic carbocycles. The first-order chi connectivity index (χ1) is 9.19. The molecule has 0 unspecified atom stereocenters. The molecule has 19 heavy (non-hydrogen) atoms. The minimum atomic E-state index is 0.0936. The SMILES string of the molecule is COCOc1cc(OC)c(OCOC)c(Br)c1OC. The first-order valence-electron chi connectivity index (χ1n) is 5.37. The largest absolute Gasteiger partial charge is 0.493 e. The monoisotopic (exact) mass is 336 g/mol. The van der Waals surface area contributed by atoms with E-state index in [1.54, 1.807) is 6.07 Å². The molecule has 0 fully saturated rings. The molecule has 0 radical (unpaired) electrons. The van der Waals surface area contributed by atoms with E-state index in [0.717, 1.165) is 0 Å². The number of benzene rings is 1. The maximum absolute atomic E-state index is 5.45. The predicted octanol–water partition coefficient (Wildman–Crippen LogP) is 2.43. The minimum Gasteiger partial charge on any atom is -0.493 e. The van der Waals surface area contributed by atoms with Gasteiger partial charge in [-0.1, -0.05) is 0 Å². The van der Waals surface area contributed by atoms with Crippen LogP contribution in [0.2, 0.25) is 0 Å². The maximum Gasteiger partial charge on any atom is 0.188 e. The number of halogens is 1. The van der Waals surface area contributed by atoms with Crippen LogP contribution in [0.1, 0.15) is 0 Å². The summed E-state index contributed by atoms with van der Waals surface area (Å²) in [4.78, 5) is 0. The summed E-state index contributed by atoms with van der Waals surface area (Å²) >= 11 is 3.40. The molecule has 0 heterocycles. The highest BCUT2D eigenvalue weighted by atomic mass is 79.9. The van der Waals surface area contributed by atoms with Crippen molar-refractivity contribution < 1.29 is 28.4 Å². The summed E-state index contributed by atoms with van der Waals surface area (Å²) in [7, 11) is 6.14. The normalized spacial score (nSPS) is 10.2. The molecule has 1 aromatic rings. The van der Waals surface area contributed by atoms with Crippen LogP contribution in [0.3, 0.4) is 0 Å². The standard InChI is InChI=1S/C12H17BrO6/c1-14-6-18-9-5-8(16-3)12(19-7-15-2)10(13)11(9)17-4/h5H,6-7H2,1-4H3.